The van der Waals surface area contributed by atoms with E-state index in [9.17, 15) is 0 Å². The van der Waals surface area contributed by atoms with Gasteiger partial charge in [0.15, 0.2) is 0 Å². The predicted molar refractivity (Wildman–Crippen MR) is 390 cm³/mol. The molecule has 0 aromatic heterocycles. The second-order valence-electron chi connectivity index (χ2n) is 19.9. The Hall–Kier alpha value is -6.87. The van der Waals surface area contributed by atoms with Gasteiger partial charge in [-0.05, 0) is 146 Å². The van der Waals surface area contributed by atoms with Gasteiger partial charge in [-0.15, -0.1) is 0 Å². The molecule has 0 aliphatic rings. The minimum absolute atomic E-state index is 0. The SMILES string of the molecule is C(=C/[PH+](c1ccccc1)c1ccccc1)/[PH+](c1ccccc1)c1ccccc1.C(=C/[PH+](c1ccccc1)c1ccccc1)/[PH+](c1ccccc1)c1ccccc1.C(=C/[PH+](c1ccccc1)c1ccccc1)/[PH+](c1ccccc1)c1ccccc1.[Pt]. The van der Waals surface area contributed by atoms with Crippen LogP contribution in [0.3, 0.4) is 0 Å². The molecule has 0 heterocycles. The van der Waals surface area contributed by atoms with Crippen molar-refractivity contribution in [2.45, 2.75) is 0 Å². The molecule has 85 heavy (non-hydrogen) atoms. The van der Waals surface area contributed by atoms with Gasteiger partial charge in [-0.1, -0.05) is 218 Å². The molecule has 12 aromatic carbocycles. The Morgan fingerprint density at radius 2 is 0.188 bits per heavy atom. The van der Waals surface area contributed by atoms with Crippen LogP contribution < -0.4 is 63.7 Å². The van der Waals surface area contributed by atoms with Gasteiger partial charge in [-0.2, -0.15) is 0 Å². The first-order valence-corrected chi connectivity index (χ1v) is 38.1. The molecule has 0 atom stereocenters. The van der Waals surface area contributed by atoms with Gasteiger partial charge in [0.1, 0.15) is 98.6 Å². The van der Waals surface area contributed by atoms with Gasteiger partial charge in [0.2, 0.25) is 0 Å². The van der Waals surface area contributed by atoms with Gasteiger partial charge >= 0.3 is 0 Å². The summed E-state index contributed by atoms with van der Waals surface area (Å²) in [4.78, 5) is 0. The largest absolute Gasteiger partial charge is 0.102 e. The summed E-state index contributed by atoms with van der Waals surface area (Å²) in [5.41, 5.74) is 0. The van der Waals surface area contributed by atoms with Crippen LogP contribution in [-0.2, 0) is 21.1 Å². The Balaban J connectivity index is 0.000000152. The van der Waals surface area contributed by atoms with Crippen LogP contribution in [0.2, 0.25) is 0 Å². The van der Waals surface area contributed by atoms with E-state index in [-0.39, 0.29) is 21.1 Å². The standard InChI is InChI=1S/3C26H22P2.Pt/c3*1-5-13-23(14-6-1)27(24-15-7-2-8-16-24)21-22-28(25-17-9-3-10-18-25)26-19-11-4-12-20-26;/h3*1-22H;/p+6/b3*22-21-;. The van der Waals surface area contributed by atoms with Gasteiger partial charge in [0, 0.05) is 21.1 Å². The molecule has 0 amide bonds. The molecule has 0 spiro atoms. The van der Waals surface area contributed by atoms with E-state index in [0.717, 1.165) is 0 Å². The van der Waals surface area contributed by atoms with Gasteiger partial charge < -0.3 is 0 Å². The summed E-state index contributed by atoms with van der Waals surface area (Å²) in [6.45, 7) is 0. The van der Waals surface area contributed by atoms with E-state index in [1.54, 1.807) is 0 Å². The molecule has 418 valence electrons. The Morgan fingerprint density at radius 3 is 0.259 bits per heavy atom. The summed E-state index contributed by atoms with van der Waals surface area (Å²) in [5.74, 6) is 15.0. The molecule has 0 N–H and O–H groups in total. The smallest absolute Gasteiger partial charge is 0.0620 e. The summed E-state index contributed by atoms with van der Waals surface area (Å²) in [5, 5.41) is 17.1. The third-order valence-electron chi connectivity index (χ3n) is 14.3. The summed E-state index contributed by atoms with van der Waals surface area (Å²) in [6, 6.07) is 131. The van der Waals surface area contributed by atoms with Crippen molar-refractivity contribution in [3.05, 3.63) is 399 Å². The predicted octanol–water partition coefficient (Wildman–Crippen LogP) is 15.6. The van der Waals surface area contributed by atoms with Crippen molar-refractivity contribution in [3.63, 3.8) is 0 Å². The first kappa shape index (κ1) is 62.7. The normalized spacial score (nSPS) is 11.2. The summed E-state index contributed by atoms with van der Waals surface area (Å²) in [7, 11) is -5.78. The van der Waals surface area contributed by atoms with Crippen molar-refractivity contribution in [1.29, 1.82) is 0 Å². The summed E-state index contributed by atoms with van der Waals surface area (Å²) < 4.78 is 0. The van der Waals surface area contributed by atoms with Crippen molar-refractivity contribution < 1.29 is 21.1 Å². The topological polar surface area (TPSA) is 0 Å². The third-order valence-corrected chi connectivity index (χ3v) is 29.7. The molecule has 12 rings (SSSR count). The van der Waals surface area contributed by atoms with Crippen molar-refractivity contribution in [3.8, 4) is 0 Å². The number of hydrogen-bond acceptors (Lipinski definition) is 0. The van der Waals surface area contributed by atoms with Gasteiger partial charge in [-0.3, -0.25) is 0 Å². The van der Waals surface area contributed by atoms with Crippen LogP contribution in [0.15, 0.2) is 399 Å². The van der Waals surface area contributed by atoms with Crippen molar-refractivity contribution in [2.75, 3.05) is 0 Å². The van der Waals surface area contributed by atoms with E-state index in [1.807, 2.05) is 0 Å². The fourth-order valence-corrected chi connectivity index (χ4v) is 25.0. The van der Waals surface area contributed by atoms with Gasteiger partial charge in [0.25, 0.3) is 0 Å². The number of hydrogen-bond donors (Lipinski definition) is 0. The van der Waals surface area contributed by atoms with Gasteiger partial charge in [-0.25, -0.2) is 0 Å². The van der Waals surface area contributed by atoms with Crippen LogP contribution in [0.25, 0.3) is 0 Å². The monoisotopic (exact) mass is 1390 g/mol. The molecule has 0 bridgehead atoms. The molecular formula is C78H72P6Pt+6. The van der Waals surface area contributed by atoms with Crippen LogP contribution >= 0.6 is 47.5 Å². The molecule has 7 heteroatoms. The molecular weight excluding hydrogens is 1320 g/mol. The van der Waals surface area contributed by atoms with Crippen LogP contribution in [0, 0.1) is 0 Å². The van der Waals surface area contributed by atoms with Crippen LogP contribution in [0.4, 0.5) is 0 Å². The molecule has 0 unspecified atom stereocenters. The minimum Gasteiger partial charge on any atom is -0.0620 e. The zero-order valence-corrected chi connectivity index (χ0v) is 55.7. The van der Waals surface area contributed by atoms with Crippen LogP contribution in [0.1, 0.15) is 0 Å². The summed E-state index contributed by atoms with van der Waals surface area (Å²) >= 11 is 0. The molecule has 0 aliphatic heterocycles. The molecule has 0 radical (unpaired) electrons. The van der Waals surface area contributed by atoms with Crippen LogP contribution in [-0.4, -0.2) is 0 Å². The first-order chi connectivity index (χ1) is 41.7. The van der Waals surface area contributed by atoms with E-state index in [0.29, 0.717) is 0 Å². The number of rotatable bonds is 18. The zero-order chi connectivity index (χ0) is 57.1. The molecule has 0 nitrogen and oxygen atoms in total. The van der Waals surface area contributed by atoms with E-state index >= 15 is 0 Å². The maximum absolute atomic E-state index is 2.50. The molecule has 0 saturated heterocycles. The number of benzene rings is 12. The van der Waals surface area contributed by atoms with E-state index in [1.165, 1.54) is 63.7 Å². The molecule has 12 aromatic rings. The summed E-state index contributed by atoms with van der Waals surface area (Å²) in [6.07, 6.45) is 0. The minimum atomic E-state index is -0.964. The first-order valence-electron chi connectivity index (χ1n) is 28.7. The molecule has 0 saturated carbocycles. The average molecular weight is 1390 g/mol. The third kappa shape index (κ3) is 18.8. The Kier molecular flexibility index (Phi) is 25.7. The van der Waals surface area contributed by atoms with Crippen LogP contribution in [0.5, 0.6) is 0 Å². The second kappa shape index (κ2) is 34.9. The maximum atomic E-state index is 2.50. The van der Waals surface area contributed by atoms with E-state index in [4.69, 9.17) is 0 Å². The molecule has 0 aliphatic carbocycles. The van der Waals surface area contributed by atoms with Gasteiger partial charge in [0.05, 0.1) is 47.5 Å². The van der Waals surface area contributed by atoms with Crippen molar-refractivity contribution >= 4 is 111 Å². The van der Waals surface area contributed by atoms with E-state index in [2.05, 4.69) is 399 Å². The quantitative estimate of drug-likeness (QED) is 0.0751. The Morgan fingerprint density at radius 1 is 0.118 bits per heavy atom. The fourth-order valence-electron chi connectivity index (χ4n) is 10.1. The fraction of sp³-hybridized carbons (Fsp3) is 0. The maximum Gasteiger partial charge on any atom is 0.102 e. The Labute approximate surface area is 527 Å². The second-order valence-corrected chi connectivity index (χ2v) is 33.8. The average Bonchev–Trinajstić information content (AvgIpc) is 3.69. The van der Waals surface area contributed by atoms with Crippen molar-refractivity contribution in [2.24, 2.45) is 0 Å². The van der Waals surface area contributed by atoms with E-state index < -0.39 is 47.5 Å². The zero-order valence-electron chi connectivity index (χ0n) is 47.4. The molecule has 0 fully saturated rings. The Bertz CT molecular complexity index is 2920. The van der Waals surface area contributed by atoms with Crippen molar-refractivity contribution in [1.82, 2.24) is 0 Å².